The van der Waals surface area contributed by atoms with Gasteiger partial charge >= 0.3 is 0 Å². The Labute approximate surface area is 139 Å². The van der Waals surface area contributed by atoms with Crippen molar-refractivity contribution in [3.05, 3.63) is 60.3 Å². The molecule has 0 unspecified atom stereocenters. The maximum atomic E-state index is 10.7. The van der Waals surface area contributed by atoms with Gasteiger partial charge in [0.1, 0.15) is 17.0 Å². The minimum absolute atomic E-state index is 0.171. The minimum atomic E-state index is 0.171. The highest BCUT2D eigenvalue weighted by atomic mass is 32.1. The molecule has 0 N–H and O–H groups in total. The van der Waals surface area contributed by atoms with Gasteiger partial charge in [0.25, 0.3) is 0 Å². The number of aromatic nitrogens is 1. The molecule has 0 fully saturated rings. The van der Waals surface area contributed by atoms with Crippen molar-refractivity contribution in [1.82, 2.24) is 4.98 Å². The summed E-state index contributed by atoms with van der Waals surface area (Å²) in [6, 6.07) is 15.5. The van der Waals surface area contributed by atoms with Crippen molar-refractivity contribution in [3.8, 4) is 26.8 Å². The van der Waals surface area contributed by atoms with Crippen molar-refractivity contribution in [2.24, 2.45) is 0 Å². The van der Waals surface area contributed by atoms with Crippen LogP contribution in [-0.4, -0.2) is 17.4 Å². The van der Waals surface area contributed by atoms with E-state index in [-0.39, 0.29) is 6.10 Å². The Kier molecular flexibility index (Phi) is 4.53. The van der Waals surface area contributed by atoms with Crippen molar-refractivity contribution in [2.75, 3.05) is 0 Å². The largest absolute Gasteiger partial charge is 0.491 e. The fourth-order valence-corrected chi connectivity index (χ4v) is 3.14. The number of hydrogen-bond donors (Lipinski definition) is 0. The topological polar surface area (TPSA) is 39.2 Å². The molecule has 0 saturated heterocycles. The minimum Gasteiger partial charge on any atom is -0.491 e. The molecular formula is C19H17NO2S. The Hall–Kier alpha value is -2.46. The Morgan fingerprint density at radius 3 is 2.26 bits per heavy atom. The monoisotopic (exact) mass is 323 g/mol. The summed E-state index contributed by atoms with van der Waals surface area (Å²) in [6.45, 7) is 4.03. The lowest BCUT2D eigenvalue weighted by molar-refractivity contribution is 0.112. The lowest BCUT2D eigenvalue weighted by Gasteiger charge is -2.09. The number of aldehydes is 1. The summed E-state index contributed by atoms with van der Waals surface area (Å²) in [5, 5.41) is 0.944. The molecule has 3 aromatic rings. The highest BCUT2D eigenvalue weighted by Gasteiger charge is 2.07. The van der Waals surface area contributed by atoms with Gasteiger partial charge in [0.05, 0.1) is 11.0 Å². The number of carbonyl (C=O) groups excluding carboxylic acids is 1. The third-order valence-electron chi connectivity index (χ3n) is 3.31. The van der Waals surface area contributed by atoms with E-state index in [4.69, 9.17) is 4.74 Å². The van der Waals surface area contributed by atoms with E-state index in [0.29, 0.717) is 5.56 Å². The molecule has 2 aromatic carbocycles. The lowest BCUT2D eigenvalue weighted by Crippen LogP contribution is -2.04. The Morgan fingerprint density at radius 1 is 1.00 bits per heavy atom. The molecule has 116 valence electrons. The lowest BCUT2D eigenvalue weighted by atomic mass is 10.1. The van der Waals surface area contributed by atoms with Gasteiger partial charge in [-0.25, -0.2) is 4.98 Å². The first-order valence-corrected chi connectivity index (χ1v) is 8.26. The summed E-state index contributed by atoms with van der Waals surface area (Å²) in [6.07, 6.45) is 2.90. The van der Waals surface area contributed by atoms with Crippen LogP contribution < -0.4 is 4.74 Å². The number of benzene rings is 2. The third-order valence-corrected chi connectivity index (χ3v) is 4.41. The normalized spacial score (nSPS) is 10.7. The van der Waals surface area contributed by atoms with Crippen molar-refractivity contribution < 1.29 is 9.53 Å². The molecule has 0 radical (unpaired) electrons. The van der Waals surface area contributed by atoms with Gasteiger partial charge in [-0.3, -0.25) is 4.79 Å². The van der Waals surface area contributed by atoms with Gasteiger partial charge in [0.15, 0.2) is 0 Å². The Bertz CT molecular complexity index is 789. The number of thiazole rings is 1. The van der Waals surface area contributed by atoms with Crippen LogP contribution in [0.3, 0.4) is 0 Å². The van der Waals surface area contributed by atoms with E-state index >= 15 is 0 Å². The molecule has 1 heterocycles. The highest BCUT2D eigenvalue weighted by Crippen LogP contribution is 2.32. The standard InChI is InChI=1S/C19H17NO2S/c1-13(2)22-17-9-7-15(8-10-17)18-11-20-19(23-18)16-5-3-14(12-21)4-6-16/h3-13H,1-2H3. The molecule has 0 amide bonds. The molecule has 4 heteroatoms. The SMILES string of the molecule is CC(C)Oc1ccc(-c2cnc(-c3ccc(C=O)cc3)s2)cc1. The number of nitrogens with zero attached hydrogens (tertiary/aromatic N) is 1. The molecule has 0 spiro atoms. The van der Waals surface area contributed by atoms with E-state index in [2.05, 4.69) is 4.98 Å². The first-order valence-electron chi connectivity index (χ1n) is 7.44. The Morgan fingerprint density at radius 2 is 1.65 bits per heavy atom. The fourth-order valence-electron chi connectivity index (χ4n) is 2.22. The quantitative estimate of drug-likeness (QED) is 0.615. The van der Waals surface area contributed by atoms with Gasteiger partial charge in [-0.05, 0) is 43.7 Å². The maximum Gasteiger partial charge on any atom is 0.150 e. The van der Waals surface area contributed by atoms with Crippen LogP contribution in [0.4, 0.5) is 0 Å². The van der Waals surface area contributed by atoms with Crippen molar-refractivity contribution in [2.45, 2.75) is 20.0 Å². The second-order valence-corrected chi connectivity index (χ2v) is 6.49. The van der Waals surface area contributed by atoms with E-state index in [1.807, 2.05) is 56.4 Å². The summed E-state index contributed by atoms with van der Waals surface area (Å²) in [7, 11) is 0. The van der Waals surface area contributed by atoms with Gasteiger partial charge in [-0.2, -0.15) is 0 Å². The highest BCUT2D eigenvalue weighted by molar-refractivity contribution is 7.18. The van der Waals surface area contributed by atoms with Gasteiger partial charge in [-0.1, -0.05) is 24.3 Å². The predicted octanol–water partition coefficient (Wildman–Crippen LogP) is 5.08. The molecule has 0 aliphatic heterocycles. The van der Waals surface area contributed by atoms with Gasteiger partial charge in [-0.15, -0.1) is 11.3 Å². The predicted molar refractivity (Wildman–Crippen MR) is 94.1 cm³/mol. The molecule has 0 aliphatic rings. The summed E-state index contributed by atoms with van der Waals surface area (Å²) in [4.78, 5) is 16.3. The zero-order chi connectivity index (χ0) is 16.2. The van der Waals surface area contributed by atoms with E-state index in [9.17, 15) is 4.79 Å². The van der Waals surface area contributed by atoms with Crippen molar-refractivity contribution in [3.63, 3.8) is 0 Å². The van der Waals surface area contributed by atoms with Crippen LogP contribution in [0.5, 0.6) is 5.75 Å². The van der Waals surface area contributed by atoms with Crippen LogP contribution in [0.1, 0.15) is 24.2 Å². The number of ether oxygens (including phenoxy) is 1. The fraction of sp³-hybridized carbons (Fsp3) is 0.158. The van der Waals surface area contributed by atoms with Crippen LogP contribution in [0.15, 0.2) is 54.7 Å². The number of hydrogen-bond acceptors (Lipinski definition) is 4. The first kappa shape index (κ1) is 15.4. The molecule has 0 aliphatic carbocycles. The average Bonchev–Trinajstić information content (AvgIpc) is 3.05. The maximum absolute atomic E-state index is 10.7. The van der Waals surface area contributed by atoms with Gasteiger partial charge in [0.2, 0.25) is 0 Å². The number of rotatable bonds is 5. The second-order valence-electron chi connectivity index (χ2n) is 5.46. The second kappa shape index (κ2) is 6.75. The molecule has 0 bridgehead atoms. The summed E-state index contributed by atoms with van der Waals surface area (Å²) < 4.78 is 5.66. The molecule has 23 heavy (non-hydrogen) atoms. The van der Waals surface area contributed by atoms with Crippen LogP contribution >= 0.6 is 11.3 Å². The summed E-state index contributed by atoms with van der Waals surface area (Å²) in [5.41, 5.74) is 2.81. The molecule has 3 rings (SSSR count). The summed E-state index contributed by atoms with van der Waals surface area (Å²) in [5.74, 6) is 0.873. The van der Waals surface area contributed by atoms with E-state index in [1.165, 1.54) is 0 Å². The van der Waals surface area contributed by atoms with Crippen LogP contribution in [0, 0.1) is 0 Å². The zero-order valence-electron chi connectivity index (χ0n) is 13.0. The average molecular weight is 323 g/mol. The Balaban J connectivity index is 1.81. The van der Waals surface area contributed by atoms with Gasteiger partial charge in [0, 0.05) is 17.3 Å². The molecule has 1 aromatic heterocycles. The summed E-state index contributed by atoms with van der Waals surface area (Å²) >= 11 is 1.63. The van der Waals surface area contributed by atoms with Gasteiger partial charge < -0.3 is 4.74 Å². The molecular weight excluding hydrogens is 306 g/mol. The van der Waals surface area contributed by atoms with E-state index < -0.39 is 0 Å². The van der Waals surface area contributed by atoms with Crippen LogP contribution in [0.25, 0.3) is 21.0 Å². The van der Waals surface area contributed by atoms with Crippen molar-refractivity contribution in [1.29, 1.82) is 0 Å². The molecule has 0 atom stereocenters. The van der Waals surface area contributed by atoms with Crippen molar-refractivity contribution >= 4 is 17.6 Å². The molecule has 3 nitrogen and oxygen atoms in total. The zero-order valence-corrected chi connectivity index (χ0v) is 13.8. The number of carbonyl (C=O) groups is 1. The van der Waals surface area contributed by atoms with E-state index in [1.54, 1.807) is 23.5 Å². The van der Waals surface area contributed by atoms with Crippen LogP contribution in [-0.2, 0) is 0 Å². The van der Waals surface area contributed by atoms with Crippen LogP contribution in [0.2, 0.25) is 0 Å². The third kappa shape index (κ3) is 3.66. The smallest absolute Gasteiger partial charge is 0.150 e. The van der Waals surface area contributed by atoms with E-state index in [0.717, 1.165) is 33.0 Å². The molecule has 0 saturated carbocycles. The first-order chi connectivity index (χ1) is 11.2.